The van der Waals surface area contributed by atoms with Crippen LogP contribution in [0.2, 0.25) is 5.02 Å². The molecule has 0 aromatic heterocycles. The Morgan fingerprint density at radius 1 is 1.19 bits per heavy atom. The van der Waals surface area contributed by atoms with E-state index < -0.39 is 21.7 Å². The van der Waals surface area contributed by atoms with E-state index in [4.69, 9.17) is 16.3 Å². The molecule has 0 spiro atoms. The van der Waals surface area contributed by atoms with Crippen LogP contribution in [0.3, 0.4) is 0 Å². The van der Waals surface area contributed by atoms with Gasteiger partial charge >= 0.3 is 0 Å². The van der Waals surface area contributed by atoms with Gasteiger partial charge in [0.1, 0.15) is 5.82 Å². The zero-order valence-electron chi connectivity index (χ0n) is 14.3. The molecule has 0 unspecified atom stereocenters. The van der Waals surface area contributed by atoms with Gasteiger partial charge in [-0.2, -0.15) is 4.31 Å². The van der Waals surface area contributed by atoms with Crippen molar-refractivity contribution in [1.29, 1.82) is 0 Å². The number of amides is 1. The molecule has 27 heavy (non-hydrogen) atoms. The molecule has 2 aromatic carbocycles. The van der Waals surface area contributed by atoms with Crippen LogP contribution in [0.4, 0.5) is 4.39 Å². The fourth-order valence-electron chi connectivity index (χ4n) is 2.69. The lowest BCUT2D eigenvalue weighted by molar-refractivity contribution is 0.0730. The molecule has 1 amide bonds. The van der Waals surface area contributed by atoms with Crippen molar-refractivity contribution in [3.8, 4) is 0 Å². The summed E-state index contributed by atoms with van der Waals surface area (Å²) in [5.74, 6) is -1.51. The van der Waals surface area contributed by atoms with Gasteiger partial charge in [-0.25, -0.2) is 12.8 Å². The van der Waals surface area contributed by atoms with Crippen LogP contribution in [-0.2, 0) is 21.3 Å². The third-order valence-electron chi connectivity index (χ3n) is 4.19. The van der Waals surface area contributed by atoms with Crippen molar-refractivity contribution in [2.24, 2.45) is 0 Å². The first-order valence-electron chi connectivity index (χ1n) is 8.28. The largest absolute Gasteiger partial charge is 0.379 e. The van der Waals surface area contributed by atoms with Crippen LogP contribution in [-0.4, -0.2) is 44.9 Å². The minimum atomic E-state index is -3.82. The van der Waals surface area contributed by atoms with Gasteiger partial charge in [-0.05, 0) is 29.8 Å². The summed E-state index contributed by atoms with van der Waals surface area (Å²) >= 11 is 6.04. The van der Waals surface area contributed by atoms with Crippen molar-refractivity contribution in [2.45, 2.75) is 11.4 Å². The fraction of sp³-hybridized carbons (Fsp3) is 0.278. The lowest BCUT2D eigenvalue weighted by Crippen LogP contribution is -2.40. The van der Waals surface area contributed by atoms with Crippen molar-refractivity contribution in [3.05, 3.63) is 64.4 Å². The lowest BCUT2D eigenvalue weighted by Gasteiger charge is -2.26. The number of sulfonamides is 1. The zero-order chi connectivity index (χ0) is 19.4. The first kappa shape index (κ1) is 19.8. The van der Waals surface area contributed by atoms with Crippen molar-refractivity contribution in [3.63, 3.8) is 0 Å². The van der Waals surface area contributed by atoms with Gasteiger partial charge in [0.2, 0.25) is 10.0 Å². The summed E-state index contributed by atoms with van der Waals surface area (Å²) in [6.07, 6.45) is 0. The fourth-order valence-corrected chi connectivity index (χ4v) is 4.32. The van der Waals surface area contributed by atoms with E-state index in [0.29, 0.717) is 23.8 Å². The summed E-state index contributed by atoms with van der Waals surface area (Å²) in [6.45, 7) is 1.12. The molecule has 9 heteroatoms. The molecule has 1 N–H and O–H groups in total. The number of ether oxygens (including phenoxy) is 1. The minimum Gasteiger partial charge on any atom is -0.379 e. The highest BCUT2D eigenvalue weighted by atomic mass is 35.5. The number of carbonyl (C=O) groups is 1. The number of rotatable bonds is 5. The van der Waals surface area contributed by atoms with Crippen molar-refractivity contribution in [1.82, 2.24) is 9.62 Å². The molecule has 0 bridgehead atoms. The third kappa shape index (κ3) is 4.47. The second-order valence-electron chi connectivity index (χ2n) is 5.93. The summed E-state index contributed by atoms with van der Waals surface area (Å²) in [5.41, 5.74) is 0.335. The van der Waals surface area contributed by atoms with Gasteiger partial charge in [-0.15, -0.1) is 0 Å². The van der Waals surface area contributed by atoms with Gasteiger partial charge in [0.25, 0.3) is 5.91 Å². The van der Waals surface area contributed by atoms with Gasteiger partial charge < -0.3 is 10.1 Å². The molecule has 2 aromatic rings. The predicted octanol–water partition coefficient (Wildman–Crippen LogP) is 2.43. The molecule has 0 radical (unpaired) electrons. The normalized spacial score (nSPS) is 15.5. The van der Waals surface area contributed by atoms with E-state index >= 15 is 0 Å². The van der Waals surface area contributed by atoms with Crippen molar-refractivity contribution < 1.29 is 22.3 Å². The second kappa shape index (κ2) is 8.35. The number of benzene rings is 2. The molecule has 0 atom stereocenters. The highest BCUT2D eigenvalue weighted by Gasteiger charge is 2.27. The maximum atomic E-state index is 14.1. The molecule has 0 aliphatic carbocycles. The number of carbonyl (C=O) groups excluding carboxylic acids is 1. The van der Waals surface area contributed by atoms with Crippen LogP contribution in [0, 0.1) is 5.82 Å². The Morgan fingerprint density at radius 2 is 1.89 bits per heavy atom. The monoisotopic (exact) mass is 412 g/mol. The number of nitrogens with one attached hydrogen (secondary N) is 1. The predicted molar refractivity (Wildman–Crippen MR) is 98.6 cm³/mol. The summed E-state index contributed by atoms with van der Waals surface area (Å²) in [7, 11) is -3.82. The zero-order valence-corrected chi connectivity index (χ0v) is 15.9. The second-order valence-corrected chi connectivity index (χ2v) is 8.28. The first-order valence-corrected chi connectivity index (χ1v) is 10.1. The number of halogens is 2. The highest BCUT2D eigenvalue weighted by molar-refractivity contribution is 7.89. The van der Waals surface area contributed by atoms with E-state index in [1.54, 1.807) is 24.3 Å². The van der Waals surface area contributed by atoms with E-state index in [0.717, 1.165) is 18.2 Å². The quantitative estimate of drug-likeness (QED) is 0.818. The maximum Gasteiger partial charge on any atom is 0.254 e. The van der Waals surface area contributed by atoms with Crippen LogP contribution in [0.1, 0.15) is 15.9 Å². The van der Waals surface area contributed by atoms with Crippen LogP contribution in [0.25, 0.3) is 0 Å². The van der Waals surface area contributed by atoms with E-state index in [2.05, 4.69) is 5.32 Å². The smallest absolute Gasteiger partial charge is 0.254 e. The molecule has 3 rings (SSSR count). The van der Waals surface area contributed by atoms with Crippen molar-refractivity contribution in [2.75, 3.05) is 26.3 Å². The number of nitrogens with zero attached hydrogens (tertiary/aromatic N) is 1. The average Bonchev–Trinajstić information content (AvgIpc) is 2.68. The molecule has 1 fully saturated rings. The average molecular weight is 413 g/mol. The Morgan fingerprint density at radius 3 is 2.59 bits per heavy atom. The van der Waals surface area contributed by atoms with Crippen LogP contribution in [0.5, 0.6) is 0 Å². The molecule has 1 aliphatic rings. The number of hydrogen-bond acceptors (Lipinski definition) is 4. The number of hydrogen-bond donors (Lipinski definition) is 1. The van der Waals surface area contributed by atoms with Gasteiger partial charge in [-0.1, -0.05) is 29.8 Å². The summed E-state index contributed by atoms with van der Waals surface area (Å²) in [6, 6.07) is 10.1. The Kier molecular flexibility index (Phi) is 6.11. The molecular formula is C18H18ClFN2O4S. The third-order valence-corrected chi connectivity index (χ3v) is 6.45. The maximum absolute atomic E-state index is 14.1. The number of morpholine rings is 1. The van der Waals surface area contributed by atoms with E-state index in [1.807, 2.05) is 0 Å². The summed E-state index contributed by atoms with van der Waals surface area (Å²) in [4.78, 5) is 12.3. The molecule has 1 heterocycles. The summed E-state index contributed by atoms with van der Waals surface area (Å²) < 4.78 is 45.9. The lowest BCUT2D eigenvalue weighted by atomic mass is 10.2. The van der Waals surface area contributed by atoms with Gasteiger partial charge in [0.15, 0.2) is 0 Å². The topological polar surface area (TPSA) is 75.7 Å². The molecule has 1 saturated heterocycles. The Bertz CT molecular complexity index is 946. The molecule has 1 aliphatic heterocycles. The molecule has 144 valence electrons. The Labute approximate surface area is 161 Å². The van der Waals surface area contributed by atoms with Gasteiger partial charge in [0.05, 0.1) is 23.7 Å². The van der Waals surface area contributed by atoms with Crippen LogP contribution in [0.15, 0.2) is 47.4 Å². The van der Waals surface area contributed by atoms with E-state index in [9.17, 15) is 17.6 Å². The Hall–Kier alpha value is -2.00. The molecule has 6 nitrogen and oxygen atoms in total. The van der Waals surface area contributed by atoms with E-state index in [1.165, 1.54) is 4.31 Å². The van der Waals surface area contributed by atoms with Crippen LogP contribution >= 0.6 is 11.6 Å². The Balaban J connectivity index is 1.80. The van der Waals surface area contributed by atoms with Crippen molar-refractivity contribution >= 4 is 27.5 Å². The van der Waals surface area contributed by atoms with Crippen LogP contribution < -0.4 is 5.32 Å². The molecular weight excluding hydrogens is 395 g/mol. The van der Waals surface area contributed by atoms with Gasteiger partial charge in [0, 0.05) is 24.7 Å². The molecule has 0 saturated carbocycles. The van der Waals surface area contributed by atoms with Gasteiger partial charge in [-0.3, -0.25) is 4.79 Å². The standard InChI is InChI=1S/C18H18ClFN2O4S/c19-16-4-2-1-3-13(16)12-21-18(23)15-11-14(5-6-17(15)20)27(24,25)22-7-9-26-10-8-22/h1-6,11H,7-10,12H2,(H,21,23). The highest BCUT2D eigenvalue weighted by Crippen LogP contribution is 2.21. The van der Waals surface area contributed by atoms with E-state index in [-0.39, 0.29) is 30.1 Å². The SMILES string of the molecule is O=C(NCc1ccccc1Cl)c1cc(S(=O)(=O)N2CCOCC2)ccc1F. The minimum absolute atomic E-state index is 0.0956. The summed E-state index contributed by atoms with van der Waals surface area (Å²) in [5, 5.41) is 3.04. The first-order chi connectivity index (χ1) is 12.9.